The number of aromatic nitrogens is 2. The molecule has 12 heteroatoms. The molecule has 0 saturated carbocycles. The van der Waals surface area contributed by atoms with Crippen LogP contribution in [-0.4, -0.2) is 24.2 Å². The Balaban J connectivity index is 1.68. The first-order valence-corrected chi connectivity index (χ1v) is 9.77. The van der Waals surface area contributed by atoms with Crippen molar-refractivity contribution in [2.24, 2.45) is 0 Å². The predicted molar refractivity (Wildman–Crippen MR) is 101 cm³/mol. The number of aryl methyl sites for hydroxylation is 1. The number of urea groups is 1. The molecule has 0 radical (unpaired) electrons. The van der Waals surface area contributed by atoms with Gasteiger partial charge in [-0.25, -0.2) is 14.2 Å². The zero-order chi connectivity index (χ0) is 21.9. The third-order valence-electron chi connectivity index (χ3n) is 3.66. The molecule has 1 aromatic heterocycles. The first-order valence-electron chi connectivity index (χ1n) is 8.36. The number of hydrogen-bond acceptors (Lipinski definition) is 5. The lowest BCUT2D eigenvalue weighted by Gasteiger charge is -2.12. The lowest BCUT2D eigenvalue weighted by atomic mass is 10.2. The molecule has 2 aromatic carbocycles. The molecule has 158 valence electrons. The lowest BCUT2D eigenvalue weighted by molar-refractivity contribution is -0.142. The summed E-state index contributed by atoms with van der Waals surface area (Å²) in [5, 5.41) is 6.08. The minimum atomic E-state index is -4.59. The summed E-state index contributed by atoms with van der Waals surface area (Å²) in [6.45, 7) is 1.43. The van der Waals surface area contributed by atoms with Gasteiger partial charge in [-0.3, -0.25) is 0 Å². The molecule has 0 aliphatic rings. The van der Waals surface area contributed by atoms with Gasteiger partial charge >= 0.3 is 22.5 Å². The van der Waals surface area contributed by atoms with E-state index in [-0.39, 0.29) is 22.8 Å². The van der Waals surface area contributed by atoms with E-state index in [0.717, 1.165) is 10.7 Å². The van der Waals surface area contributed by atoms with E-state index in [9.17, 15) is 26.4 Å². The second kappa shape index (κ2) is 8.06. The van der Waals surface area contributed by atoms with Gasteiger partial charge in [-0.05, 0) is 49.4 Å². The Hall–Kier alpha value is -3.54. The monoisotopic (exact) mass is 440 g/mol. The Morgan fingerprint density at radius 1 is 1.07 bits per heavy atom. The highest BCUT2D eigenvalue weighted by molar-refractivity contribution is 7.85. The van der Waals surface area contributed by atoms with Gasteiger partial charge in [-0.1, -0.05) is 18.2 Å². The number of anilines is 1. The molecule has 0 spiro atoms. The Morgan fingerprint density at radius 2 is 1.70 bits per heavy atom. The number of nitrogens with one attached hydrogen (secondary N) is 2. The third kappa shape index (κ3) is 5.29. The number of nitrogens with zero attached hydrogens (tertiary/aromatic N) is 2. The zero-order valence-electron chi connectivity index (χ0n) is 15.3. The van der Waals surface area contributed by atoms with Crippen molar-refractivity contribution in [1.82, 2.24) is 14.5 Å². The molecule has 8 nitrogen and oxygen atoms in total. The van der Waals surface area contributed by atoms with E-state index in [0.29, 0.717) is 0 Å². The quantitative estimate of drug-likeness (QED) is 0.631. The van der Waals surface area contributed by atoms with Gasteiger partial charge in [0.2, 0.25) is 0 Å². The highest BCUT2D eigenvalue weighted by Gasteiger charge is 2.35. The number of amides is 2. The highest BCUT2D eigenvalue weighted by Crippen LogP contribution is 2.31. The maximum Gasteiger partial charge on any atom is 0.433 e. The fourth-order valence-corrected chi connectivity index (χ4v) is 3.16. The second-order valence-corrected chi connectivity index (χ2v) is 7.31. The molecular formula is C18H15F3N4O4S. The number of para-hydroxylation sites is 1. The largest absolute Gasteiger partial charge is 0.433 e. The maximum absolute atomic E-state index is 13.1. The van der Waals surface area contributed by atoms with Crippen LogP contribution >= 0.6 is 0 Å². The Kier molecular flexibility index (Phi) is 5.69. The topological polar surface area (TPSA) is 102 Å². The smallest absolute Gasteiger partial charge is 0.367 e. The number of benzene rings is 2. The molecule has 1 heterocycles. The van der Waals surface area contributed by atoms with Crippen molar-refractivity contribution in [3.63, 3.8) is 0 Å². The van der Waals surface area contributed by atoms with Crippen molar-refractivity contribution in [3.05, 3.63) is 72.1 Å². The van der Waals surface area contributed by atoms with Crippen molar-refractivity contribution >= 4 is 22.0 Å². The molecule has 0 bridgehead atoms. The van der Waals surface area contributed by atoms with Crippen LogP contribution in [-0.2, 0) is 16.5 Å². The van der Waals surface area contributed by atoms with Crippen molar-refractivity contribution in [1.29, 1.82) is 0 Å². The molecule has 0 unspecified atom stereocenters. The van der Waals surface area contributed by atoms with Crippen LogP contribution in [0.1, 0.15) is 11.4 Å². The van der Waals surface area contributed by atoms with E-state index < -0.39 is 28.2 Å². The SMILES string of the molecule is Cc1cc(C(F)(F)F)n(-c2ccc(NC(=O)NS(=O)(=O)Oc3ccccc3)cc2)n1. The number of hydrogen-bond donors (Lipinski definition) is 2. The average Bonchev–Trinajstić information content (AvgIpc) is 3.04. The van der Waals surface area contributed by atoms with E-state index in [1.54, 1.807) is 22.9 Å². The van der Waals surface area contributed by atoms with E-state index in [1.165, 1.54) is 43.3 Å². The van der Waals surface area contributed by atoms with Crippen LogP contribution < -0.4 is 14.2 Å². The summed E-state index contributed by atoms with van der Waals surface area (Å²) in [6, 6.07) is 12.6. The van der Waals surface area contributed by atoms with Crippen LogP contribution in [0.25, 0.3) is 5.69 Å². The molecular weight excluding hydrogens is 425 g/mol. The van der Waals surface area contributed by atoms with E-state index in [1.807, 2.05) is 0 Å². The molecule has 0 aliphatic heterocycles. The summed E-state index contributed by atoms with van der Waals surface area (Å²) in [5.74, 6) is 0.0112. The molecule has 0 atom stereocenters. The molecule has 0 saturated heterocycles. The van der Waals surface area contributed by atoms with E-state index in [4.69, 9.17) is 4.18 Å². The van der Waals surface area contributed by atoms with Crippen molar-refractivity contribution in [2.75, 3.05) is 5.32 Å². The summed E-state index contributed by atoms with van der Waals surface area (Å²) < 4.78 is 70.2. The number of rotatable bonds is 5. The second-order valence-electron chi connectivity index (χ2n) is 6.03. The third-order valence-corrected chi connectivity index (χ3v) is 4.51. The van der Waals surface area contributed by atoms with Gasteiger partial charge in [0.15, 0.2) is 0 Å². The first kappa shape index (κ1) is 21.2. The fraction of sp³-hybridized carbons (Fsp3) is 0.111. The summed E-state index contributed by atoms with van der Waals surface area (Å²) in [5.41, 5.74) is -0.500. The van der Waals surface area contributed by atoms with Crippen LogP contribution in [0, 0.1) is 6.92 Å². The number of carbonyl (C=O) groups excluding carboxylic acids is 1. The normalized spacial score (nSPS) is 11.7. The van der Waals surface area contributed by atoms with Gasteiger partial charge in [0.1, 0.15) is 11.4 Å². The van der Waals surface area contributed by atoms with Crippen molar-refractivity contribution in [3.8, 4) is 11.4 Å². The summed E-state index contributed by atoms with van der Waals surface area (Å²) >= 11 is 0. The van der Waals surface area contributed by atoms with E-state index >= 15 is 0 Å². The van der Waals surface area contributed by atoms with Crippen LogP contribution in [0.2, 0.25) is 0 Å². The van der Waals surface area contributed by atoms with Crippen LogP contribution in [0.4, 0.5) is 23.7 Å². The van der Waals surface area contributed by atoms with Crippen LogP contribution in [0.15, 0.2) is 60.7 Å². The maximum atomic E-state index is 13.1. The summed E-state index contributed by atoms with van der Waals surface area (Å²) in [6.07, 6.45) is -4.59. The molecule has 3 aromatic rings. The Labute approximate surface area is 169 Å². The first-order chi connectivity index (χ1) is 14.0. The van der Waals surface area contributed by atoms with Gasteiger partial charge < -0.3 is 9.50 Å². The molecule has 2 N–H and O–H groups in total. The average molecular weight is 440 g/mol. The van der Waals surface area contributed by atoms with Gasteiger partial charge in [-0.15, -0.1) is 0 Å². The van der Waals surface area contributed by atoms with Gasteiger partial charge in [0.25, 0.3) is 0 Å². The van der Waals surface area contributed by atoms with E-state index in [2.05, 4.69) is 10.4 Å². The standard InChI is InChI=1S/C18H15F3N4O4S/c1-12-11-16(18(19,20)21)25(23-12)14-9-7-13(8-10-14)22-17(26)24-30(27,28)29-15-5-3-2-4-6-15/h2-11H,1H3,(H2,22,24,26). The zero-order valence-corrected chi connectivity index (χ0v) is 16.2. The number of alkyl halides is 3. The summed E-state index contributed by atoms with van der Waals surface area (Å²) in [7, 11) is -4.43. The lowest BCUT2D eigenvalue weighted by Crippen LogP contribution is -2.37. The number of halogens is 3. The van der Waals surface area contributed by atoms with Crippen molar-refractivity contribution in [2.45, 2.75) is 13.1 Å². The molecule has 0 aliphatic carbocycles. The molecule has 30 heavy (non-hydrogen) atoms. The minimum absolute atomic E-state index is 0.0112. The highest BCUT2D eigenvalue weighted by atomic mass is 32.2. The summed E-state index contributed by atoms with van der Waals surface area (Å²) in [4.78, 5) is 11.9. The molecule has 3 rings (SSSR count). The predicted octanol–water partition coefficient (Wildman–Crippen LogP) is 3.64. The minimum Gasteiger partial charge on any atom is -0.367 e. The fourth-order valence-electron chi connectivity index (χ4n) is 2.48. The molecule has 0 fully saturated rings. The van der Waals surface area contributed by atoms with Gasteiger partial charge in [0, 0.05) is 5.69 Å². The van der Waals surface area contributed by atoms with Gasteiger partial charge in [0.05, 0.1) is 11.4 Å². The Morgan fingerprint density at radius 3 is 2.30 bits per heavy atom. The number of carbonyl (C=O) groups is 1. The van der Waals surface area contributed by atoms with Crippen molar-refractivity contribution < 1.29 is 30.6 Å². The van der Waals surface area contributed by atoms with Gasteiger partial charge in [-0.2, -0.15) is 26.7 Å². The van der Waals surface area contributed by atoms with Crippen LogP contribution in [0.3, 0.4) is 0 Å². The Bertz CT molecular complexity index is 1140. The molecule has 2 amide bonds. The van der Waals surface area contributed by atoms with Crippen LogP contribution in [0.5, 0.6) is 5.75 Å².